The molecule has 1 N–H and O–H groups in total. The molecule has 1 aliphatic carbocycles. The lowest BCUT2D eigenvalue weighted by Crippen LogP contribution is -2.61. The molecule has 1 saturated carbocycles. The summed E-state index contributed by atoms with van der Waals surface area (Å²) in [7, 11) is 1.51. The average Bonchev–Trinajstić information content (AvgIpc) is 3.25. The van der Waals surface area contributed by atoms with E-state index in [0.29, 0.717) is 11.8 Å². The van der Waals surface area contributed by atoms with Gasteiger partial charge in [0.05, 0.1) is 7.11 Å². The predicted octanol–water partition coefficient (Wildman–Crippen LogP) is 2.29. The van der Waals surface area contributed by atoms with Crippen molar-refractivity contribution in [3.63, 3.8) is 0 Å². The normalized spacial score (nSPS) is 18.4. The van der Waals surface area contributed by atoms with Gasteiger partial charge in [-0.1, -0.05) is 27.7 Å². The van der Waals surface area contributed by atoms with Crippen molar-refractivity contribution in [3.05, 3.63) is 0 Å². The number of hydrogen-bond acceptors (Lipinski definition) is 4. The average molecular weight is 284 g/mol. The fourth-order valence-corrected chi connectivity index (χ4v) is 2.91. The Hall–Kier alpha value is -0.610. The second kappa shape index (κ2) is 7.99. The van der Waals surface area contributed by atoms with Crippen molar-refractivity contribution in [1.82, 2.24) is 10.2 Å². The maximum Gasteiger partial charge on any atom is 0.327 e. The van der Waals surface area contributed by atoms with E-state index in [2.05, 4.69) is 37.9 Å². The van der Waals surface area contributed by atoms with Crippen molar-refractivity contribution in [3.8, 4) is 0 Å². The molecule has 0 amide bonds. The summed E-state index contributed by atoms with van der Waals surface area (Å²) in [4.78, 5) is 14.8. The third-order valence-electron chi connectivity index (χ3n) is 4.06. The first-order valence-electron chi connectivity index (χ1n) is 8.05. The van der Waals surface area contributed by atoms with Crippen molar-refractivity contribution in [1.29, 1.82) is 0 Å². The Morgan fingerprint density at radius 2 is 2.05 bits per heavy atom. The van der Waals surface area contributed by atoms with Crippen LogP contribution in [0.15, 0.2) is 0 Å². The van der Waals surface area contributed by atoms with Crippen LogP contribution in [0.1, 0.15) is 47.0 Å². The molecule has 1 unspecified atom stereocenters. The molecular weight excluding hydrogens is 252 g/mol. The molecule has 0 heterocycles. The predicted molar refractivity (Wildman–Crippen MR) is 82.7 cm³/mol. The smallest absolute Gasteiger partial charge is 0.327 e. The van der Waals surface area contributed by atoms with E-state index in [4.69, 9.17) is 4.74 Å². The van der Waals surface area contributed by atoms with Crippen LogP contribution in [0.3, 0.4) is 0 Å². The summed E-state index contributed by atoms with van der Waals surface area (Å²) in [5.74, 6) is 0.953. The summed E-state index contributed by atoms with van der Waals surface area (Å²) < 4.78 is 5.14. The maximum absolute atomic E-state index is 12.4. The number of carbonyl (C=O) groups excluding carboxylic acids is 1. The SMILES string of the molecule is CCCNC(CN(CC)CC(C)C)(C(=O)OC)C1CC1. The zero-order chi connectivity index (χ0) is 15.2. The molecule has 1 atom stereocenters. The summed E-state index contributed by atoms with van der Waals surface area (Å²) >= 11 is 0. The van der Waals surface area contributed by atoms with Crippen LogP contribution in [0.5, 0.6) is 0 Å². The number of rotatable bonds is 10. The first-order chi connectivity index (χ1) is 9.50. The summed E-state index contributed by atoms with van der Waals surface area (Å²) in [5.41, 5.74) is -0.504. The molecule has 0 saturated heterocycles. The van der Waals surface area contributed by atoms with Gasteiger partial charge in [-0.2, -0.15) is 0 Å². The molecule has 0 aromatic heterocycles. The second-order valence-electron chi connectivity index (χ2n) is 6.39. The number of methoxy groups -OCH3 is 1. The van der Waals surface area contributed by atoms with Gasteiger partial charge in [0.25, 0.3) is 0 Å². The highest BCUT2D eigenvalue weighted by atomic mass is 16.5. The zero-order valence-corrected chi connectivity index (χ0v) is 13.9. The molecule has 0 aromatic rings. The first kappa shape index (κ1) is 17.4. The third kappa shape index (κ3) is 4.45. The molecule has 0 spiro atoms. The van der Waals surface area contributed by atoms with Crippen LogP contribution in [0.2, 0.25) is 0 Å². The van der Waals surface area contributed by atoms with Gasteiger partial charge in [-0.3, -0.25) is 0 Å². The van der Waals surface area contributed by atoms with E-state index in [0.717, 1.165) is 45.4 Å². The standard InChI is InChI=1S/C16H32N2O2/c1-6-10-17-16(14-8-9-14,15(19)20-5)12-18(7-2)11-13(3)4/h13-14,17H,6-12H2,1-5H3. The van der Waals surface area contributed by atoms with E-state index in [9.17, 15) is 4.79 Å². The van der Waals surface area contributed by atoms with Crippen LogP contribution in [0, 0.1) is 11.8 Å². The summed E-state index contributed by atoms with van der Waals surface area (Å²) in [6, 6.07) is 0. The molecule has 1 fully saturated rings. The van der Waals surface area contributed by atoms with Gasteiger partial charge < -0.3 is 15.0 Å². The highest BCUT2D eigenvalue weighted by Gasteiger charge is 2.52. The Labute approximate surface area is 124 Å². The molecule has 1 aliphatic rings. The van der Waals surface area contributed by atoms with Gasteiger partial charge >= 0.3 is 5.97 Å². The van der Waals surface area contributed by atoms with Gasteiger partial charge in [0.15, 0.2) is 0 Å². The van der Waals surface area contributed by atoms with Crippen LogP contribution in [-0.2, 0) is 9.53 Å². The first-order valence-corrected chi connectivity index (χ1v) is 8.05. The topological polar surface area (TPSA) is 41.6 Å². The van der Waals surface area contributed by atoms with E-state index < -0.39 is 5.54 Å². The summed E-state index contributed by atoms with van der Waals surface area (Å²) in [5, 5.41) is 3.52. The van der Waals surface area contributed by atoms with E-state index in [1.54, 1.807) is 0 Å². The molecule has 4 nitrogen and oxygen atoms in total. The highest BCUT2D eigenvalue weighted by Crippen LogP contribution is 2.41. The van der Waals surface area contributed by atoms with E-state index in [-0.39, 0.29) is 5.97 Å². The highest BCUT2D eigenvalue weighted by molar-refractivity contribution is 5.82. The molecule has 20 heavy (non-hydrogen) atoms. The van der Waals surface area contributed by atoms with Crippen LogP contribution in [0.25, 0.3) is 0 Å². The van der Waals surface area contributed by atoms with E-state index >= 15 is 0 Å². The van der Waals surface area contributed by atoms with Gasteiger partial charge in [-0.25, -0.2) is 4.79 Å². The molecule has 1 rings (SSSR count). The van der Waals surface area contributed by atoms with E-state index in [1.807, 2.05) is 0 Å². The van der Waals surface area contributed by atoms with Gasteiger partial charge in [0.2, 0.25) is 0 Å². The summed E-state index contributed by atoms with van der Waals surface area (Å²) in [6.45, 7) is 12.4. The zero-order valence-electron chi connectivity index (χ0n) is 13.9. The van der Waals surface area contributed by atoms with Crippen molar-refractivity contribution in [2.75, 3.05) is 33.3 Å². The quantitative estimate of drug-likeness (QED) is 0.625. The Balaban J connectivity index is 2.86. The second-order valence-corrected chi connectivity index (χ2v) is 6.39. The number of likely N-dealkylation sites (N-methyl/N-ethyl adjacent to an activating group) is 1. The number of ether oxygens (including phenoxy) is 1. The third-order valence-corrected chi connectivity index (χ3v) is 4.06. The number of esters is 1. The number of nitrogens with zero attached hydrogens (tertiary/aromatic N) is 1. The molecule has 118 valence electrons. The Morgan fingerprint density at radius 1 is 1.40 bits per heavy atom. The monoisotopic (exact) mass is 284 g/mol. The van der Waals surface area contributed by atoms with Crippen molar-refractivity contribution >= 4 is 5.97 Å². The molecule has 4 heteroatoms. The van der Waals surface area contributed by atoms with Gasteiger partial charge in [-0.05, 0) is 44.2 Å². The van der Waals surface area contributed by atoms with Crippen molar-refractivity contribution in [2.45, 2.75) is 52.5 Å². The number of carbonyl (C=O) groups is 1. The van der Waals surface area contributed by atoms with Gasteiger partial charge in [0, 0.05) is 13.1 Å². The van der Waals surface area contributed by atoms with Crippen LogP contribution in [0.4, 0.5) is 0 Å². The molecular formula is C16H32N2O2. The Kier molecular flexibility index (Phi) is 6.96. The molecule has 0 aromatic carbocycles. The fraction of sp³-hybridized carbons (Fsp3) is 0.938. The lowest BCUT2D eigenvalue weighted by Gasteiger charge is -2.37. The molecule has 0 aliphatic heterocycles. The maximum atomic E-state index is 12.4. The lowest BCUT2D eigenvalue weighted by molar-refractivity contribution is -0.151. The largest absolute Gasteiger partial charge is 0.468 e. The van der Waals surface area contributed by atoms with Gasteiger partial charge in [0.1, 0.15) is 5.54 Å². The fourth-order valence-electron chi connectivity index (χ4n) is 2.91. The molecule has 0 bridgehead atoms. The Morgan fingerprint density at radius 3 is 2.45 bits per heavy atom. The van der Waals surface area contributed by atoms with Crippen molar-refractivity contribution < 1.29 is 9.53 Å². The molecule has 0 radical (unpaired) electrons. The minimum atomic E-state index is -0.504. The van der Waals surface area contributed by atoms with Gasteiger partial charge in [-0.15, -0.1) is 0 Å². The number of hydrogen-bond donors (Lipinski definition) is 1. The van der Waals surface area contributed by atoms with E-state index in [1.165, 1.54) is 7.11 Å². The van der Waals surface area contributed by atoms with Crippen LogP contribution >= 0.6 is 0 Å². The number of nitrogens with one attached hydrogen (secondary N) is 1. The minimum Gasteiger partial charge on any atom is -0.468 e. The Bertz CT molecular complexity index is 303. The summed E-state index contributed by atoms with van der Waals surface area (Å²) in [6.07, 6.45) is 3.29. The van der Waals surface area contributed by atoms with Crippen molar-refractivity contribution in [2.24, 2.45) is 11.8 Å². The lowest BCUT2D eigenvalue weighted by atomic mass is 9.91. The van der Waals surface area contributed by atoms with Crippen LogP contribution < -0.4 is 5.32 Å². The van der Waals surface area contributed by atoms with Crippen LogP contribution in [-0.4, -0.2) is 49.7 Å². The minimum absolute atomic E-state index is 0.0874.